The molecule has 0 heterocycles. The van der Waals surface area contributed by atoms with E-state index >= 15 is 0 Å². The molecule has 0 saturated heterocycles. The summed E-state index contributed by atoms with van der Waals surface area (Å²) in [7, 11) is 5.34. The van der Waals surface area contributed by atoms with Crippen molar-refractivity contribution in [2.24, 2.45) is 0 Å². The highest BCUT2D eigenvalue weighted by Gasteiger charge is 2.10. The summed E-state index contributed by atoms with van der Waals surface area (Å²) in [5.41, 5.74) is 0.557. The van der Waals surface area contributed by atoms with Gasteiger partial charge in [-0.25, -0.2) is 0 Å². The summed E-state index contributed by atoms with van der Waals surface area (Å²) < 4.78 is 5.10. The van der Waals surface area contributed by atoms with Crippen molar-refractivity contribution in [3.05, 3.63) is 29.8 Å². The number of rotatable bonds is 4. The summed E-state index contributed by atoms with van der Waals surface area (Å²) in [4.78, 5) is 13.6. The third-order valence-electron chi connectivity index (χ3n) is 1.91. The van der Waals surface area contributed by atoms with E-state index in [1.807, 2.05) is 31.1 Å². The van der Waals surface area contributed by atoms with Gasteiger partial charge in [-0.3, -0.25) is 9.69 Å². The van der Waals surface area contributed by atoms with Crippen molar-refractivity contribution in [2.75, 3.05) is 27.9 Å². The minimum Gasteiger partial charge on any atom is -0.496 e. The Morgan fingerprint density at radius 2 is 2.07 bits per heavy atom. The number of methoxy groups -OCH3 is 1. The molecule has 0 unspecified atom stereocenters. The third kappa shape index (κ3) is 3.25. The number of carbonyl (C=O) groups excluding carboxylic acids is 1. The van der Waals surface area contributed by atoms with Crippen LogP contribution in [0.5, 0.6) is 5.75 Å². The number of carbonyl (C=O) groups is 1. The molecule has 82 valence electrons. The Bertz CT molecular complexity index is 337. The zero-order valence-corrected chi connectivity index (χ0v) is 9.28. The monoisotopic (exact) mass is 208 g/mol. The molecule has 4 heteroatoms. The lowest BCUT2D eigenvalue weighted by Gasteiger charge is -2.12. The van der Waals surface area contributed by atoms with Crippen molar-refractivity contribution in [1.29, 1.82) is 0 Å². The molecular formula is C11H16N2O2. The molecular weight excluding hydrogens is 192 g/mol. The van der Waals surface area contributed by atoms with Crippen LogP contribution in [0.25, 0.3) is 0 Å². The predicted molar refractivity (Wildman–Crippen MR) is 59.0 cm³/mol. The minimum absolute atomic E-state index is 0.124. The fourth-order valence-electron chi connectivity index (χ4n) is 1.16. The first-order chi connectivity index (χ1) is 7.15. The molecule has 15 heavy (non-hydrogen) atoms. The Morgan fingerprint density at radius 1 is 1.40 bits per heavy atom. The third-order valence-corrected chi connectivity index (χ3v) is 1.91. The Morgan fingerprint density at radius 3 is 2.67 bits per heavy atom. The number of amides is 1. The molecule has 0 aliphatic carbocycles. The largest absolute Gasteiger partial charge is 0.496 e. The van der Waals surface area contributed by atoms with E-state index in [1.165, 1.54) is 0 Å². The fourth-order valence-corrected chi connectivity index (χ4v) is 1.16. The van der Waals surface area contributed by atoms with E-state index in [0.29, 0.717) is 18.0 Å². The number of nitrogens with one attached hydrogen (secondary N) is 1. The van der Waals surface area contributed by atoms with Crippen LogP contribution in [0.4, 0.5) is 0 Å². The van der Waals surface area contributed by atoms with Crippen LogP contribution < -0.4 is 10.1 Å². The molecule has 1 amide bonds. The second kappa shape index (κ2) is 5.36. The van der Waals surface area contributed by atoms with Crippen molar-refractivity contribution < 1.29 is 9.53 Å². The second-order valence-corrected chi connectivity index (χ2v) is 3.44. The highest BCUT2D eigenvalue weighted by atomic mass is 16.5. The average Bonchev–Trinajstić information content (AvgIpc) is 2.25. The summed E-state index contributed by atoms with van der Waals surface area (Å²) in [6.45, 7) is 0.511. The molecule has 4 nitrogen and oxygen atoms in total. The van der Waals surface area contributed by atoms with E-state index in [4.69, 9.17) is 4.74 Å². The maximum absolute atomic E-state index is 11.7. The van der Waals surface area contributed by atoms with Gasteiger partial charge in [0.1, 0.15) is 5.75 Å². The van der Waals surface area contributed by atoms with E-state index in [-0.39, 0.29) is 5.91 Å². The highest BCUT2D eigenvalue weighted by Crippen LogP contribution is 2.16. The van der Waals surface area contributed by atoms with Crippen LogP contribution in [-0.2, 0) is 0 Å². The Hall–Kier alpha value is -1.55. The first kappa shape index (κ1) is 11.5. The molecule has 0 radical (unpaired) electrons. The average molecular weight is 208 g/mol. The van der Waals surface area contributed by atoms with Gasteiger partial charge in [0.15, 0.2) is 0 Å². The van der Waals surface area contributed by atoms with Gasteiger partial charge in [0.2, 0.25) is 0 Å². The smallest absolute Gasteiger partial charge is 0.256 e. The molecule has 1 aromatic carbocycles. The molecule has 0 fully saturated rings. The molecule has 1 rings (SSSR count). The molecule has 0 spiro atoms. The van der Waals surface area contributed by atoms with E-state index in [2.05, 4.69) is 5.32 Å². The molecule has 0 aliphatic rings. The van der Waals surface area contributed by atoms with Crippen LogP contribution in [-0.4, -0.2) is 38.7 Å². The molecule has 1 N–H and O–H groups in total. The van der Waals surface area contributed by atoms with E-state index < -0.39 is 0 Å². The number of ether oxygens (including phenoxy) is 1. The van der Waals surface area contributed by atoms with Gasteiger partial charge in [0.05, 0.1) is 19.3 Å². The van der Waals surface area contributed by atoms with Crippen molar-refractivity contribution in [1.82, 2.24) is 10.2 Å². The summed E-state index contributed by atoms with van der Waals surface area (Å²) in [6.07, 6.45) is 0. The molecule has 0 aromatic heterocycles. The standard InChI is InChI=1S/C11H16N2O2/c1-13(2)8-12-11(14)9-6-4-5-7-10(9)15-3/h4-7H,8H2,1-3H3,(H,12,14). The maximum atomic E-state index is 11.7. The normalized spacial score (nSPS) is 10.1. The van der Waals surface area contributed by atoms with Gasteiger partial charge in [0.25, 0.3) is 5.91 Å². The first-order valence-electron chi connectivity index (χ1n) is 4.71. The van der Waals surface area contributed by atoms with Crippen molar-refractivity contribution in [3.8, 4) is 5.75 Å². The van der Waals surface area contributed by atoms with Crippen LogP contribution >= 0.6 is 0 Å². The van der Waals surface area contributed by atoms with Gasteiger partial charge in [-0.15, -0.1) is 0 Å². The molecule has 1 aromatic rings. The molecule has 0 saturated carbocycles. The number of hydrogen-bond donors (Lipinski definition) is 1. The Labute approximate surface area is 89.8 Å². The molecule has 0 bridgehead atoms. The zero-order valence-electron chi connectivity index (χ0n) is 9.28. The van der Waals surface area contributed by atoms with Crippen LogP contribution in [0, 0.1) is 0 Å². The fraction of sp³-hybridized carbons (Fsp3) is 0.364. The Kier molecular flexibility index (Phi) is 4.12. The summed E-state index contributed by atoms with van der Waals surface area (Å²) >= 11 is 0. The van der Waals surface area contributed by atoms with Gasteiger partial charge in [0, 0.05) is 0 Å². The predicted octanol–water partition coefficient (Wildman–Crippen LogP) is 0.944. The topological polar surface area (TPSA) is 41.6 Å². The lowest BCUT2D eigenvalue weighted by atomic mass is 10.2. The van der Waals surface area contributed by atoms with Gasteiger partial charge in [-0.2, -0.15) is 0 Å². The lowest BCUT2D eigenvalue weighted by Crippen LogP contribution is -2.33. The summed E-state index contributed by atoms with van der Waals surface area (Å²) in [6, 6.07) is 7.16. The second-order valence-electron chi connectivity index (χ2n) is 3.44. The summed E-state index contributed by atoms with van der Waals surface area (Å²) in [5, 5.41) is 2.78. The number of para-hydroxylation sites is 1. The van der Waals surface area contributed by atoms with Crippen LogP contribution in [0.15, 0.2) is 24.3 Å². The van der Waals surface area contributed by atoms with Crippen molar-refractivity contribution in [3.63, 3.8) is 0 Å². The molecule has 0 aliphatic heterocycles. The summed E-state index contributed by atoms with van der Waals surface area (Å²) in [5.74, 6) is 0.468. The van der Waals surface area contributed by atoms with Crippen molar-refractivity contribution >= 4 is 5.91 Å². The van der Waals surface area contributed by atoms with Crippen LogP contribution in [0.3, 0.4) is 0 Å². The van der Waals surface area contributed by atoms with Gasteiger partial charge in [-0.1, -0.05) is 12.1 Å². The Balaban J connectivity index is 2.72. The van der Waals surface area contributed by atoms with Gasteiger partial charge >= 0.3 is 0 Å². The zero-order chi connectivity index (χ0) is 11.3. The highest BCUT2D eigenvalue weighted by molar-refractivity contribution is 5.96. The lowest BCUT2D eigenvalue weighted by molar-refractivity contribution is 0.0932. The first-order valence-corrected chi connectivity index (χ1v) is 4.71. The molecule has 0 atom stereocenters. The van der Waals surface area contributed by atoms with E-state index in [1.54, 1.807) is 19.2 Å². The van der Waals surface area contributed by atoms with Gasteiger partial charge in [-0.05, 0) is 26.2 Å². The van der Waals surface area contributed by atoms with E-state index in [0.717, 1.165) is 0 Å². The van der Waals surface area contributed by atoms with Crippen molar-refractivity contribution in [2.45, 2.75) is 0 Å². The van der Waals surface area contributed by atoms with Crippen LogP contribution in [0.1, 0.15) is 10.4 Å². The number of hydrogen-bond acceptors (Lipinski definition) is 3. The maximum Gasteiger partial charge on any atom is 0.256 e. The number of nitrogens with zero attached hydrogens (tertiary/aromatic N) is 1. The quantitative estimate of drug-likeness (QED) is 0.749. The van der Waals surface area contributed by atoms with Gasteiger partial charge < -0.3 is 10.1 Å². The SMILES string of the molecule is COc1ccccc1C(=O)NCN(C)C. The van der Waals surface area contributed by atoms with E-state index in [9.17, 15) is 4.79 Å². The number of benzene rings is 1. The van der Waals surface area contributed by atoms with Crippen LogP contribution in [0.2, 0.25) is 0 Å². The minimum atomic E-state index is -0.124.